The molecule has 2 nitrogen and oxygen atoms in total. The van der Waals surface area contributed by atoms with Gasteiger partial charge in [-0.1, -0.05) is 44.5 Å². The van der Waals surface area contributed by atoms with E-state index in [0.29, 0.717) is 11.0 Å². The van der Waals surface area contributed by atoms with Crippen molar-refractivity contribution in [2.24, 2.45) is 5.73 Å². The molecule has 1 saturated carbocycles. The van der Waals surface area contributed by atoms with E-state index in [0.717, 1.165) is 17.0 Å². The lowest BCUT2D eigenvalue weighted by atomic mass is 9.95. The van der Waals surface area contributed by atoms with Crippen LogP contribution in [0.25, 0.3) is 0 Å². The lowest BCUT2D eigenvalue weighted by Gasteiger charge is -2.25. The minimum absolute atomic E-state index is 0.495. The summed E-state index contributed by atoms with van der Waals surface area (Å²) in [4.78, 5) is 1.69. The summed E-state index contributed by atoms with van der Waals surface area (Å²) in [5, 5.41) is 3.65. The van der Waals surface area contributed by atoms with E-state index in [-0.39, 0.29) is 0 Å². The zero-order valence-electron chi connectivity index (χ0n) is 11.4. The molecule has 0 atom stereocenters. The fourth-order valence-electron chi connectivity index (χ4n) is 2.65. The monoisotopic (exact) mass is 294 g/mol. The third-order valence-electron chi connectivity index (χ3n) is 3.54. The summed E-state index contributed by atoms with van der Waals surface area (Å²) >= 11 is 7.04. The minimum atomic E-state index is 0.495. The maximum absolute atomic E-state index is 5.93. The molecule has 3 N–H and O–H groups in total. The van der Waals surface area contributed by atoms with Crippen molar-refractivity contribution in [3.8, 4) is 0 Å². The molecule has 1 fully saturated rings. The van der Waals surface area contributed by atoms with Crippen LogP contribution >= 0.6 is 24.0 Å². The van der Waals surface area contributed by atoms with Gasteiger partial charge >= 0.3 is 0 Å². The fraction of sp³-hybridized carbons (Fsp3) is 0.533. The van der Waals surface area contributed by atoms with Crippen molar-refractivity contribution in [1.82, 2.24) is 0 Å². The zero-order valence-corrected chi connectivity index (χ0v) is 13.1. The van der Waals surface area contributed by atoms with Crippen LogP contribution in [0.2, 0.25) is 0 Å². The third kappa shape index (κ3) is 3.86. The van der Waals surface area contributed by atoms with Crippen molar-refractivity contribution in [1.29, 1.82) is 0 Å². The second-order valence-corrected chi connectivity index (χ2v) is 6.70. The molecule has 0 amide bonds. The molecule has 1 aromatic rings. The lowest BCUT2D eigenvalue weighted by molar-refractivity contribution is 0.462. The van der Waals surface area contributed by atoms with Crippen molar-refractivity contribution in [2.45, 2.75) is 50.0 Å². The highest BCUT2D eigenvalue weighted by atomic mass is 32.2. The SMILES string of the molecule is CCSc1cccc(NC2CCCCC2)c1C(N)=S. The Kier molecular flexibility index (Phi) is 5.52. The summed E-state index contributed by atoms with van der Waals surface area (Å²) < 4.78 is 0. The Balaban J connectivity index is 2.22. The van der Waals surface area contributed by atoms with Gasteiger partial charge < -0.3 is 11.1 Å². The third-order valence-corrected chi connectivity index (χ3v) is 4.68. The van der Waals surface area contributed by atoms with Crippen LogP contribution in [0.5, 0.6) is 0 Å². The van der Waals surface area contributed by atoms with Crippen LogP contribution in [0.1, 0.15) is 44.6 Å². The van der Waals surface area contributed by atoms with E-state index >= 15 is 0 Å². The van der Waals surface area contributed by atoms with Gasteiger partial charge in [-0.3, -0.25) is 0 Å². The normalized spacial score (nSPS) is 16.3. The highest BCUT2D eigenvalue weighted by Gasteiger charge is 2.17. The van der Waals surface area contributed by atoms with Crippen LogP contribution < -0.4 is 11.1 Å². The zero-order chi connectivity index (χ0) is 13.7. The van der Waals surface area contributed by atoms with Crippen molar-refractivity contribution in [3.63, 3.8) is 0 Å². The van der Waals surface area contributed by atoms with E-state index in [2.05, 4.69) is 30.4 Å². The number of benzene rings is 1. The number of anilines is 1. The van der Waals surface area contributed by atoms with E-state index in [1.54, 1.807) is 11.8 Å². The number of hydrogen-bond acceptors (Lipinski definition) is 3. The Labute approximate surface area is 125 Å². The first kappa shape index (κ1) is 14.7. The number of thioether (sulfide) groups is 1. The highest BCUT2D eigenvalue weighted by Crippen LogP contribution is 2.30. The molecule has 0 aliphatic heterocycles. The van der Waals surface area contributed by atoms with E-state index in [1.165, 1.54) is 37.0 Å². The summed E-state index contributed by atoms with van der Waals surface area (Å²) in [6.07, 6.45) is 6.52. The van der Waals surface area contributed by atoms with Gasteiger partial charge in [0.15, 0.2) is 0 Å². The molecule has 4 heteroatoms. The molecule has 0 radical (unpaired) electrons. The quantitative estimate of drug-likeness (QED) is 0.631. The van der Waals surface area contributed by atoms with Gasteiger partial charge in [-0.2, -0.15) is 0 Å². The molecule has 0 heterocycles. The summed E-state index contributed by atoms with van der Waals surface area (Å²) in [7, 11) is 0. The van der Waals surface area contributed by atoms with Crippen molar-refractivity contribution in [3.05, 3.63) is 23.8 Å². The van der Waals surface area contributed by atoms with E-state index < -0.39 is 0 Å². The fourth-order valence-corrected chi connectivity index (χ4v) is 3.78. The Bertz CT molecular complexity index is 440. The first-order valence-corrected chi connectivity index (χ1v) is 8.44. The van der Waals surface area contributed by atoms with E-state index in [1.807, 2.05) is 0 Å². The standard InChI is InChI=1S/C15H22N2S2/c1-2-19-13-10-6-9-12(14(13)15(16)18)17-11-7-4-3-5-8-11/h6,9-11,17H,2-5,7-8H2,1H3,(H2,16,18). The van der Waals surface area contributed by atoms with Gasteiger partial charge in [-0.25, -0.2) is 0 Å². The van der Waals surface area contributed by atoms with Gasteiger partial charge in [0.05, 0.1) is 0 Å². The maximum Gasteiger partial charge on any atom is 0.107 e. The number of nitrogens with one attached hydrogen (secondary N) is 1. The molecular weight excluding hydrogens is 272 g/mol. The summed E-state index contributed by atoms with van der Waals surface area (Å²) in [6, 6.07) is 6.87. The second kappa shape index (κ2) is 7.15. The second-order valence-electron chi connectivity index (χ2n) is 4.96. The molecule has 0 unspecified atom stereocenters. The molecule has 0 saturated heterocycles. The van der Waals surface area contributed by atoms with Crippen LogP contribution in [-0.2, 0) is 0 Å². The minimum Gasteiger partial charge on any atom is -0.389 e. The molecule has 19 heavy (non-hydrogen) atoms. The van der Waals surface area contributed by atoms with E-state index in [4.69, 9.17) is 18.0 Å². The predicted octanol–water partition coefficient (Wildman–Crippen LogP) is 4.18. The average Bonchev–Trinajstić information content (AvgIpc) is 2.40. The van der Waals surface area contributed by atoms with Crippen LogP contribution in [0.15, 0.2) is 23.1 Å². The van der Waals surface area contributed by atoms with Crippen LogP contribution in [0.4, 0.5) is 5.69 Å². The van der Waals surface area contributed by atoms with Gasteiger partial charge in [0.1, 0.15) is 4.99 Å². The Morgan fingerprint density at radius 2 is 2.11 bits per heavy atom. The van der Waals surface area contributed by atoms with Crippen molar-refractivity contribution in [2.75, 3.05) is 11.1 Å². The number of nitrogens with two attached hydrogens (primary N) is 1. The maximum atomic E-state index is 5.93. The molecule has 1 aromatic carbocycles. The molecule has 2 rings (SSSR count). The van der Waals surface area contributed by atoms with Crippen LogP contribution in [0, 0.1) is 0 Å². The molecule has 0 spiro atoms. The molecular formula is C15H22N2S2. The lowest BCUT2D eigenvalue weighted by Crippen LogP contribution is -2.24. The largest absolute Gasteiger partial charge is 0.389 e. The highest BCUT2D eigenvalue weighted by molar-refractivity contribution is 7.99. The molecule has 0 aromatic heterocycles. The summed E-state index contributed by atoms with van der Waals surface area (Å²) in [5.41, 5.74) is 8.06. The summed E-state index contributed by atoms with van der Waals surface area (Å²) in [6.45, 7) is 2.15. The van der Waals surface area contributed by atoms with Gasteiger partial charge in [0, 0.05) is 22.2 Å². The molecule has 0 bridgehead atoms. The smallest absolute Gasteiger partial charge is 0.107 e. The molecule has 1 aliphatic rings. The first-order valence-electron chi connectivity index (χ1n) is 7.04. The van der Waals surface area contributed by atoms with E-state index in [9.17, 15) is 0 Å². The molecule has 1 aliphatic carbocycles. The predicted molar refractivity (Wildman–Crippen MR) is 89.2 cm³/mol. The first-order chi connectivity index (χ1) is 9.22. The topological polar surface area (TPSA) is 38.0 Å². The van der Waals surface area contributed by atoms with Gasteiger partial charge in [-0.15, -0.1) is 11.8 Å². The number of hydrogen-bond donors (Lipinski definition) is 2. The Morgan fingerprint density at radius 1 is 1.37 bits per heavy atom. The van der Waals surface area contributed by atoms with Crippen LogP contribution in [0.3, 0.4) is 0 Å². The Morgan fingerprint density at radius 3 is 2.74 bits per heavy atom. The summed E-state index contributed by atoms with van der Waals surface area (Å²) in [5.74, 6) is 1.03. The number of thiocarbonyl (C=S) groups is 1. The van der Waals surface area contributed by atoms with Crippen molar-refractivity contribution >= 4 is 34.7 Å². The van der Waals surface area contributed by atoms with Gasteiger partial charge in [0.25, 0.3) is 0 Å². The van der Waals surface area contributed by atoms with Crippen LogP contribution in [-0.4, -0.2) is 16.8 Å². The average molecular weight is 294 g/mol. The van der Waals surface area contributed by atoms with Gasteiger partial charge in [0.2, 0.25) is 0 Å². The number of rotatable bonds is 5. The van der Waals surface area contributed by atoms with Gasteiger partial charge in [-0.05, 0) is 30.7 Å². The van der Waals surface area contributed by atoms with Crippen molar-refractivity contribution < 1.29 is 0 Å². The Hall–Kier alpha value is -0.740. The molecule has 104 valence electrons.